The molecule has 2 heterocycles. The second kappa shape index (κ2) is 9.09. The van der Waals surface area contributed by atoms with E-state index in [1.54, 1.807) is 4.90 Å². The molecule has 1 aromatic carbocycles. The van der Waals surface area contributed by atoms with Gasteiger partial charge >= 0.3 is 0 Å². The van der Waals surface area contributed by atoms with Crippen molar-refractivity contribution in [1.29, 1.82) is 0 Å². The number of carbonyl (C=O) groups excluding carboxylic acids is 2. The van der Waals surface area contributed by atoms with E-state index < -0.39 is 0 Å². The molecule has 0 fully saturated rings. The van der Waals surface area contributed by atoms with Gasteiger partial charge in [0.15, 0.2) is 0 Å². The zero-order valence-electron chi connectivity index (χ0n) is 17.7. The standard InChI is InChI=1S/C23H30N4O2/c1-15-17(10-11-22(28)27(4)13-7-12-24-3)16(2)25-21(15)14-19-18-8-5-6-9-20(18)26-23(19)29/h5-6,8-9,14,24-25H,7,10-13H2,1-4H3,(H,26,29). The quantitative estimate of drug-likeness (QED) is 0.476. The number of para-hydroxylation sites is 1. The predicted octanol–water partition coefficient (Wildman–Crippen LogP) is 3.12. The number of benzene rings is 1. The maximum absolute atomic E-state index is 12.4. The molecule has 0 saturated heterocycles. The normalized spacial score (nSPS) is 14.2. The molecule has 6 nitrogen and oxygen atoms in total. The van der Waals surface area contributed by atoms with Crippen LogP contribution in [0.1, 0.15) is 40.9 Å². The lowest BCUT2D eigenvalue weighted by Gasteiger charge is -2.17. The van der Waals surface area contributed by atoms with Crippen molar-refractivity contribution in [2.45, 2.75) is 33.1 Å². The third-order valence-corrected chi connectivity index (χ3v) is 5.57. The van der Waals surface area contributed by atoms with Gasteiger partial charge in [-0.25, -0.2) is 0 Å². The molecule has 2 amide bonds. The maximum Gasteiger partial charge on any atom is 0.256 e. The van der Waals surface area contributed by atoms with Crippen LogP contribution in [0.25, 0.3) is 11.6 Å². The van der Waals surface area contributed by atoms with E-state index in [-0.39, 0.29) is 11.8 Å². The van der Waals surface area contributed by atoms with E-state index in [0.717, 1.165) is 53.3 Å². The zero-order valence-corrected chi connectivity index (χ0v) is 17.7. The second-order valence-corrected chi connectivity index (χ2v) is 7.60. The van der Waals surface area contributed by atoms with Crippen molar-refractivity contribution in [1.82, 2.24) is 15.2 Å². The Balaban J connectivity index is 1.73. The van der Waals surface area contributed by atoms with Gasteiger partial charge in [-0.1, -0.05) is 18.2 Å². The lowest BCUT2D eigenvalue weighted by Crippen LogP contribution is -2.29. The Kier molecular flexibility index (Phi) is 6.54. The molecule has 0 spiro atoms. The summed E-state index contributed by atoms with van der Waals surface area (Å²) in [6, 6.07) is 7.71. The molecule has 154 valence electrons. The monoisotopic (exact) mass is 394 g/mol. The number of aromatic amines is 1. The molecule has 0 bridgehead atoms. The van der Waals surface area contributed by atoms with Crippen LogP contribution in [0.4, 0.5) is 5.69 Å². The summed E-state index contributed by atoms with van der Waals surface area (Å²) in [6.07, 6.45) is 4.03. The number of H-pyrrole nitrogens is 1. The number of nitrogens with zero attached hydrogens (tertiary/aromatic N) is 1. The first kappa shape index (κ1) is 20.9. The Morgan fingerprint density at radius 2 is 2.00 bits per heavy atom. The minimum absolute atomic E-state index is 0.0854. The number of aryl methyl sites for hydroxylation is 1. The van der Waals surface area contributed by atoms with Gasteiger partial charge in [0.1, 0.15) is 0 Å². The molecule has 0 unspecified atom stereocenters. The number of anilines is 1. The summed E-state index contributed by atoms with van der Waals surface area (Å²) in [5, 5.41) is 6.01. The molecule has 0 saturated carbocycles. The van der Waals surface area contributed by atoms with Crippen LogP contribution in [0.2, 0.25) is 0 Å². The predicted molar refractivity (Wildman–Crippen MR) is 118 cm³/mol. The van der Waals surface area contributed by atoms with Gasteiger partial charge in [-0.2, -0.15) is 0 Å². The van der Waals surface area contributed by atoms with Crippen LogP contribution in [0, 0.1) is 13.8 Å². The lowest BCUT2D eigenvalue weighted by molar-refractivity contribution is -0.129. The summed E-state index contributed by atoms with van der Waals surface area (Å²) in [5.41, 5.74) is 6.65. The highest BCUT2D eigenvalue weighted by atomic mass is 16.2. The number of carbonyl (C=O) groups is 2. The SMILES string of the molecule is CNCCCN(C)C(=O)CCc1c(C)[nH]c(C=C2C(=O)Nc3ccccc32)c1C. The van der Waals surface area contributed by atoms with Crippen LogP contribution in [0.5, 0.6) is 0 Å². The first-order valence-corrected chi connectivity index (χ1v) is 10.1. The Morgan fingerprint density at radius 3 is 2.76 bits per heavy atom. The molecule has 1 aliphatic heterocycles. The van der Waals surface area contributed by atoms with Crippen molar-refractivity contribution in [2.24, 2.45) is 0 Å². The van der Waals surface area contributed by atoms with E-state index in [0.29, 0.717) is 18.4 Å². The summed E-state index contributed by atoms with van der Waals surface area (Å²) in [4.78, 5) is 30.0. The van der Waals surface area contributed by atoms with Crippen LogP contribution >= 0.6 is 0 Å². The average molecular weight is 395 g/mol. The number of hydrogen-bond acceptors (Lipinski definition) is 3. The largest absolute Gasteiger partial charge is 0.359 e. The first-order chi connectivity index (χ1) is 13.9. The molecule has 0 radical (unpaired) electrons. The minimum Gasteiger partial charge on any atom is -0.359 e. The summed E-state index contributed by atoms with van der Waals surface area (Å²) in [7, 11) is 3.78. The van der Waals surface area contributed by atoms with Gasteiger partial charge in [0, 0.05) is 42.7 Å². The van der Waals surface area contributed by atoms with E-state index >= 15 is 0 Å². The number of hydrogen-bond donors (Lipinski definition) is 3. The van der Waals surface area contributed by atoms with Crippen molar-refractivity contribution in [3.8, 4) is 0 Å². The van der Waals surface area contributed by atoms with Crippen LogP contribution in [0.3, 0.4) is 0 Å². The van der Waals surface area contributed by atoms with Gasteiger partial charge in [0.25, 0.3) is 5.91 Å². The van der Waals surface area contributed by atoms with Gasteiger partial charge in [-0.3, -0.25) is 9.59 Å². The summed E-state index contributed by atoms with van der Waals surface area (Å²) >= 11 is 0. The van der Waals surface area contributed by atoms with E-state index in [1.165, 1.54) is 0 Å². The number of nitrogens with one attached hydrogen (secondary N) is 3. The lowest BCUT2D eigenvalue weighted by atomic mass is 10.0. The average Bonchev–Trinajstić information content (AvgIpc) is 3.16. The Bertz CT molecular complexity index is 942. The molecule has 0 atom stereocenters. The number of rotatable bonds is 8. The maximum atomic E-state index is 12.4. The highest BCUT2D eigenvalue weighted by Gasteiger charge is 2.24. The first-order valence-electron chi connectivity index (χ1n) is 10.1. The molecule has 0 aliphatic carbocycles. The van der Waals surface area contributed by atoms with E-state index in [4.69, 9.17) is 0 Å². The third-order valence-electron chi connectivity index (χ3n) is 5.57. The number of amides is 2. The van der Waals surface area contributed by atoms with Gasteiger partial charge in [0.2, 0.25) is 5.91 Å². The van der Waals surface area contributed by atoms with Crippen molar-refractivity contribution in [3.63, 3.8) is 0 Å². The Labute approximate surface area is 172 Å². The fourth-order valence-electron chi connectivity index (χ4n) is 3.80. The smallest absolute Gasteiger partial charge is 0.256 e. The zero-order chi connectivity index (χ0) is 21.0. The topological polar surface area (TPSA) is 77.2 Å². The molecule has 6 heteroatoms. The van der Waals surface area contributed by atoms with Crippen LogP contribution < -0.4 is 10.6 Å². The molecule has 3 N–H and O–H groups in total. The fraction of sp³-hybridized carbons (Fsp3) is 0.391. The Morgan fingerprint density at radius 1 is 1.24 bits per heavy atom. The molecule has 29 heavy (non-hydrogen) atoms. The van der Waals surface area contributed by atoms with Crippen LogP contribution in [-0.4, -0.2) is 48.9 Å². The van der Waals surface area contributed by atoms with Gasteiger partial charge in [-0.15, -0.1) is 0 Å². The molecule has 1 aliphatic rings. The van der Waals surface area contributed by atoms with Crippen molar-refractivity contribution < 1.29 is 9.59 Å². The number of fused-ring (bicyclic) bond motifs is 1. The van der Waals surface area contributed by atoms with E-state index in [1.807, 2.05) is 58.3 Å². The molecule has 3 rings (SSSR count). The van der Waals surface area contributed by atoms with E-state index in [9.17, 15) is 9.59 Å². The minimum atomic E-state index is -0.0854. The molecular weight excluding hydrogens is 364 g/mol. The third kappa shape index (κ3) is 4.59. The summed E-state index contributed by atoms with van der Waals surface area (Å²) in [5.74, 6) is 0.0721. The Hall–Kier alpha value is -2.86. The van der Waals surface area contributed by atoms with Gasteiger partial charge < -0.3 is 20.5 Å². The fourth-order valence-corrected chi connectivity index (χ4v) is 3.80. The highest BCUT2D eigenvalue weighted by molar-refractivity contribution is 6.34. The summed E-state index contributed by atoms with van der Waals surface area (Å²) in [6.45, 7) is 5.73. The van der Waals surface area contributed by atoms with E-state index in [2.05, 4.69) is 15.6 Å². The van der Waals surface area contributed by atoms with Crippen molar-refractivity contribution >= 4 is 29.2 Å². The van der Waals surface area contributed by atoms with Crippen LogP contribution in [0.15, 0.2) is 24.3 Å². The molecule has 1 aromatic heterocycles. The number of aromatic nitrogens is 1. The molecule has 2 aromatic rings. The summed E-state index contributed by atoms with van der Waals surface area (Å²) < 4.78 is 0. The van der Waals surface area contributed by atoms with Crippen molar-refractivity contribution in [3.05, 3.63) is 52.3 Å². The molecular formula is C23H30N4O2. The van der Waals surface area contributed by atoms with Crippen molar-refractivity contribution in [2.75, 3.05) is 32.5 Å². The highest BCUT2D eigenvalue weighted by Crippen LogP contribution is 2.33. The second-order valence-electron chi connectivity index (χ2n) is 7.60. The van der Waals surface area contributed by atoms with Gasteiger partial charge in [0.05, 0.1) is 5.57 Å². The van der Waals surface area contributed by atoms with Gasteiger partial charge in [-0.05, 0) is 63.6 Å². The van der Waals surface area contributed by atoms with Crippen LogP contribution in [-0.2, 0) is 16.0 Å².